The normalized spacial score (nSPS) is 11.6. The molecule has 0 bridgehead atoms. The number of aryl methyl sites for hydroxylation is 1. The SMILES string of the molecule is CCNC(=O)Nc1nc2c(C)c(C)c(-c3cnc(C(C)(C)O)nc3)cc2[nH]1. The van der Waals surface area contributed by atoms with E-state index in [2.05, 4.69) is 30.6 Å². The van der Waals surface area contributed by atoms with E-state index in [1.165, 1.54) is 0 Å². The van der Waals surface area contributed by atoms with Gasteiger partial charge in [0.15, 0.2) is 5.82 Å². The van der Waals surface area contributed by atoms with Gasteiger partial charge in [0.05, 0.1) is 11.0 Å². The maximum Gasteiger partial charge on any atom is 0.321 e. The van der Waals surface area contributed by atoms with Crippen LogP contribution < -0.4 is 10.6 Å². The molecule has 0 aliphatic rings. The molecule has 4 N–H and O–H groups in total. The van der Waals surface area contributed by atoms with Crippen molar-refractivity contribution in [1.82, 2.24) is 25.3 Å². The molecule has 3 aromatic rings. The average molecular weight is 368 g/mol. The first kappa shape index (κ1) is 18.8. The Morgan fingerprint density at radius 3 is 2.48 bits per heavy atom. The lowest BCUT2D eigenvalue weighted by Crippen LogP contribution is -2.28. The second-order valence-corrected chi connectivity index (χ2v) is 6.99. The molecule has 0 radical (unpaired) electrons. The molecule has 0 atom stereocenters. The number of H-pyrrole nitrogens is 1. The monoisotopic (exact) mass is 368 g/mol. The summed E-state index contributed by atoms with van der Waals surface area (Å²) in [6, 6.07) is 1.66. The van der Waals surface area contributed by atoms with Crippen LogP contribution in [-0.4, -0.2) is 37.6 Å². The maximum absolute atomic E-state index is 11.7. The number of carbonyl (C=O) groups excluding carboxylic acids is 1. The van der Waals surface area contributed by atoms with Gasteiger partial charge in [-0.15, -0.1) is 0 Å². The molecule has 1 aromatic carbocycles. The van der Waals surface area contributed by atoms with Crippen LogP contribution in [0.15, 0.2) is 18.5 Å². The van der Waals surface area contributed by atoms with Crippen molar-refractivity contribution in [2.45, 2.75) is 40.2 Å². The zero-order valence-corrected chi connectivity index (χ0v) is 16.1. The van der Waals surface area contributed by atoms with Crippen molar-refractivity contribution in [3.8, 4) is 11.1 Å². The third-order valence-electron chi connectivity index (χ3n) is 4.42. The minimum atomic E-state index is -1.09. The number of urea groups is 1. The quantitative estimate of drug-likeness (QED) is 0.565. The van der Waals surface area contributed by atoms with Gasteiger partial charge in [-0.25, -0.2) is 19.7 Å². The predicted molar refractivity (Wildman–Crippen MR) is 105 cm³/mol. The van der Waals surface area contributed by atoms with Crippen molar-refractivity contribution >= 4 is 23.0 Å². The van der Waals surface area contributed by atoms with E-state index in [4.69, 9.17) is 0 Å². The Morgan fingerprint density at radius 1 is 1.22 bits per heavy atom. The zero-order chi connectivity index (χ0) is 19.8. The Hall–Kier alpha value is -3.00. The van der Waals surface area contributed by atoms with Crippen LogP contribution in [0.25, 0.3) is 22.2 Å². The summed E-state index contributed by atoms with van der Waals surface area (Å²) in [5.74, 6) is 0.765. The highest BCUT2D eigenvalue weighted by atomic mass is 16.3. The lowest BCUT2D eigenvalue weighted by molar-refractivity contribution is 0.0687. The molecule has 0 unspecified atom stereocenters. The van der Waals surface area contributed by atoms with Crippen LogP contribution in [0.2, 0.25) is 0 Å². The molecule has 0 aliphatic heterocycles. The predicted octanol–water partition coefficient (Wildman–Crippen LogP) is 3.01. The molecule has 0 saturated heterocycles. The van der Waals surface area contributed by atoms with E-state index in [9.17, 15) is 9.90 Å². The summed E-state index contributed by atoms with van der Waals surface area (Å²) in [6.45, 7) is 9.69. The summed E-state index contributed by atoms with van der Waals surface area (Å²) >= 11 is 0. The summed E-state index contributed by atoms with van der Waals surface area (Å²) in [6.07, 6.45) is 3.41. The van der Waals surface area contributed by atoms with Gasteiger partial charge >= 0.3 is 6.03 Å². The number of fused-ring (bicyclic) bond motifs is 1. The van der Waals surface area contributed by atoms with Crippen LogP contribution in [0.3, 0.4) is 0 Å². The van der Waals surface area contributed by atoms with Crippen molar-refractivity contribution in [2.75, 3.05) is 11.9 Å². The number of benzene rings is 1. The van der Waals surface area contributed by atoms with E-state index in [-0.39, 0.29) is 6.03 Å². The zero-order valence-electron chi connectivity index (χ0n) is 16.1. The smallest absolute Gasteiger partial charge is 0.321 e. The average Bonchev–Trinajstić information content (AvgIpc) is 3.00. The van der Waals surface area contributed by atoms with Gasteiger partial charge in [0.25, 0.3) is 0 Å². The van der Waals surface area contributed by atoms with Crippen LogP contribution in [0.4, 0.5) is 10.7 Å². The Balaban J connectivity index is 2.01. The number of hydrogen-bond donors (Lipinski definition) is 4. The van der Waals surface area contributed by atoms with E-state index >= 15 is 0 Å². The van der Waals surface area contributed by atoms with Crippen LogP contribution >= 0.6 is 0 Å². The van der Waals surface area contributed by atoms with Gasteiger partial charge in [-0.05, 0) is 57.4 Å². The number of aromatic amines is 1. The van der Waals surface area contributed by atoms with E-state index in [0.717, 1.165) is 33.3 Å². The highest BCUT2D eigenvalue weighted by Gasteiger charge is 2.20. The number of aromatic nitrogens is 4. The molecule has 27 heavy (non-hydrogen) atoms. The molecule has 3 rings (SSSR count). The number of anilines is 1. The fourth-order valence-electron chi connectivity index (χ4n) is 2.86. The fourth-order valence-corrected chi connectivity index (χ4v) is 2.86. The molecule has 2 heterocycles. The minimum Gasteiger partial charge on any atom is -0.382 e. The van der Waals surface area contributed by atoms with E-state index < -0.39 is 5.60 Å². The van der Waals surface area contributed by atoms with Gasteiger partial charge in [-0.1, -0.05) is 0 Å². The maximum atomic E-state index is 11.7. The van der Waals surface area contributed by atoms with Crippen molar-refractivity contribution in [2.24, 2.45) is 0 Å². The highest BCUT2D eigenvalue weighted by molar-refractivity contribution is 5.92. The van der Waals surface area contributed by atoms with Gasteiger partial charge in [0.2, 0.25) is 5.95 Å². The molecule has 2 amide bonds. The number of aliphatic hydroxyl groups is 1. The third kappa shape index (κ3) is 3.75. The Bertz CT molecular complexity index is 986. The third-order valence-corrected chi connectivity index (χ3v) is 4.42. The molecular weight excluding hydrogens is 344 g/mol. The second-order valence-electron chi connectivity index (χ2n) is 6.99. The molecule has 142 valence electrons. The topological polar surface area (TPSA) is 116 Å². The van der Waals surface area contributed by atoms with E-state index in [1.807, 2.05) is 26.8 Å². The summed E-state index contributed by atoms with van der Waals surface area (Å²) in [4.78, 5) is 27.9. The number of rotatable bonds is 4. The fraction of sp³-hybridized carbons (Fsp3) is 0.368. The summed E-state index contributed by atoms with van der Waals surface area (Å²) in [7, 11) is 0. The molecular formula is C19H24N6O2. The standard InChI is InChI=1S/C19H24N6O2/c1-6-20-18(26)25-17-23-14-7-13(10(2)11(3)15(14)24-17)12-8-21-16(22-9-12)19(4,5)27/h7-9,27H,6H2,1-5H3,(H3,20,23,24,25,26). The van der Waals surface area contributed by atoms with Gasteiger partial charge in [-0.2, -0.15) is 0 Å². The molecule has 2 aromatic heterocycles. The van der Waals surface area contributed by atoms with Gasteiger partial charge in [-0.3, -0.25) is 5.32 Å². The number of amides is 2. The first-order valence-corrected chi connectivity index (χ1v) is 8.80. The summed E-state index contributed by atoms with van der Waals surface area (Å²) in [5, 5.41) is 15.4. The van der Waals surface area contributed by atoms with Crippen molar-refractivity contribution in [3.63, 3.8) is 0 Å². The molecule has 0 fully saturated rings. The van der Waals surface area contributed by atoms with Crippen molar-refractivity contribution in [1.29, 1.82) is 0 Å². The Labute approximate surface area is 157 Å². The van der Waals surface area contributed by atoms with Crippen LogP contribution in [0.1, 0.15) is 37.7 Å². The molecule has 0 aliphatic carbocycles. The summed E-state index contributed by atoms with van der Waals surface area (Å²) in [5.41, 5.74) is 4.40. The number of carbonyl (C=O) groups is 1. The molecule has 0 saturated carbocycles. The number of hydrogen-bond acceptors (Lipinski definition) is 5. The van der Waals surface area contributed by atoms with E-state index in [1.54, 1.807) is 26.2 Å². The van der Waals surface area contributed by atoms with Crippen molar-refractivity contribution in [3.05, 3.63) is 35.4 Å². The second kappa shape index (κ2) is 6.96. The largest absolute Gasteiger partial charge is 0.382 e. The molecule has 8 nitrogen and oxygen atoms in total. The highest BCUT2D eigenvalue weighted by Crippen LogP contribution is 2.31. The minimum absolute atomic E-state index is 0.304. The van der Waals surface area contributed by atoms with Crippen LogP contribution in [0, 0.1) is 13.8 Å². The lowest BCUT2D eigenvalue weighted by Gasteiger charge is -2.15. The molecule has 8 heteroatoms. The van der Waals surface area contributed by atoms with Crippen LogP contribution in [-0.2, 0) is 5.60 Å². The van der Waals surface area contributed by atoms with E-state index in [0.29, 0.717) is 18.3 Å². The van der Waals surface area contributed by atoms with Gasteiger partial charge < -0.3 is 15.4 Å². The first-order valence-electron chi connectivity index (χ1n) is 8.80. The first-order chi connectivity index (χ1) is 12.7. The van der Waals surface area contributed by atoms with Gasteiger partial charge in [0.1, 0.15) is 5.60 Å². The lowest BCUT2D eigenvalue weighted by atomic mass is 9.97. The Kier molecular flexibility index (Phi) is 4.84. The number of imidazole rings is 1. The van der Waals surface area contributed by atoms with Gasteiger partial charge in [0, 0.05) is 24.5 Å². The Morgan fingerprint density at radius 2 is 1.89 bits per heavy atom. The summed E-state index contributed by atoms with van der Waals surface area (Å²) < 4.78 is 0. The van der Waals surface area contributed by atoms with Crippen molar-refractivity contribution < 1.29 is 9.90 Å². The number of nitrogens with one attached hydrogen (secondary N) is 3. The van der Waals surface area contributed by atoms with Crippen LogP contribution in [0.5, 0.6) is 0 Å². The molecule has 0 spiro atoms. The number of nitrogens with zero attached hydrogens (tertiary/aromatic N) is 3.